The van der Waals surface area contributed by atoms with Gasteiger partial charge < -0.3 is 21.3 Å². The maximum atomic E-state index is 9.30. The summed E-state index contributed by atoms with van der Waals surface area (Å²) in [5.74, 6) is 1.72. The topological polar surface area (TPSA) is 81.5 Å². The number of benzene rings is 2. The van der Waals surface area contributed by atoms with Crippen molar-refractivity contribution >= 4 is 64.0 Å². The van der Waals surface area contributed by atoms with Crippen molar-refractivity contribution in [2.45, 2.75) is 12.5 Å². The van der Waals surface area contributed by atoms with E-state index in [0.717, 1.165) is 24.9 Å². The molecule has 2 aromatic carbocycles. The van der Waals surface area contributed by atoms with Gasteiger partial charge in [-0.05, 0) is 93.6 Å². The van der Waals surface area contributed by atoms with E-state index >= 15 is 0 Å². The third-order valence-corrected chi connectivity index (χ3v) is 4.52. The summed E-state index contributed by atoms with van der Waals surface area (Å²) in [6, 6.07) is 10.8. The predicted molar refractivity (Wildman–Crippen MR) is 112 cm³/mol. The predicted octanol–water partition coefficient (Wildman–Crippen LogP) is 4.60. The van der Waals surface area contributed by atoms with Crippen LogP contribution in [-0.2, 0) is 22.9 Å². The van der Waals surface area contributed by atoms with Gasteiger partial charge in [-0.15, -0.1) is 0 Å². The van der Waals surface area contributed by atoms with Crippen LogP contribution in [0.15, 0.2) is 36.4 Å². The molecular formula is C15H16Cl2I2N2O2Pt. The molecule has 24 heavy (non-hydrogen) atoms. The van der Waals surface area contributed by atoms with Crippen molar-refractivity contribution in [2.75, 3.05) is 6.54 Å². The first-order valence-corrected chi connectivity index (χ1v) is 14.4. The van der Waals surface area contributed by atoms with E-state index in [1.807, 2.05) is 0 Å². The van der Waals surface area contributed by atoms with Crippen LogP contribution in [0.3, 0.4) is 0 Å². The summed E-state index contributed by atoms with van der Waals surface area (Å²) in [4.78, 5) is 0. The molecule has 0 saturated carbocycles. The summed E-state index contributed by atoms with van der Waals surface area (Å²) in [5.41, 5.74) is 12.6. The van der Waals surface area contributed by atoms with Gasteiger partial charge in [0.25, 0.3) is 0 Å². The SMILES string of the molecule is NC[C@@H](N)Cc1cc(I)c(Oc2ccc(O)cc2)c(I)c1.[Cl][Pt][Cl]. The van der Waals surface area contributed by atoms with Crippen LogP contribution < -0.4 is 16.2 Å². The first kappa shape index (κ1) is 22.7. The van der Waals surface area contributed by atoms with Gasteiger partial charge in [0.1, 0.15) is 11.5 Å². The Kier molecular flexibility index (Phi) is 11.5. The Bertz CT molecular complexity index is 625. The summed E-state index contributed by atoms with van der Waals surface area (Å²) < 4.78 is 7.94. The molecule has 0 aliphatic rings. The van der Waals surface area contributed by atoms with Crippen molar-refractivity contribution in [2.24, 2.45) is 11.5 Å². The van der Waals surface area contributed by atoms with Crippen molar-refractivity contribution in [3.05, 3.63) is 49.1 Å². The Labute approximate surface area is 185 Å². The molecule has 136 valence electrons. The maximum absolute atomic E-state index is 9.30. The number of nitrogens with two attached hydrogens (primary N) is 2. The molecule has 0 amide bonds. The molecule has 0 radical (unpaired) electrons. The number of phenolic OH excluding ortho intramolecular Hbond substituents is 1. The molecule has 0 saturated heterocycles. The van der Waals surface area contributed by atoms with Crippen LogP contribution in [-0.4, -0.2) is 17.7 Å². The number of rotatable bonds is 5. The fourth-order valence-electron chi connectivity index (χ4n) is 1.85. The fourth-order valence-corrected chi connectivity index (χ4v) is 3.96. The van der Waals surface area contributed by atoms with Gasteiger partial charge >= 0.3 is 35.3 Å². The molecule has 4 nitrogen and oxygen atoms in total. The quantitative estimate of drug-likeness (QED) is 0.389. The van der Waals surface area contributed by atoms with Crippen LogP contribution in [0.25, 0.3) is 0 Å². The Hall–Kier alpha value is 0.688. The van der Waals surface area contributed by atoms with E-state index in [0.29, 0.717) is 12.3 Å². The Balaban J connectivity index is 0.000000891. The van der Waals surface area contributed by atoms with Crippen LogP contribution in [0.1, 0.15) is 5.56 Å². The third-order valence-electron chi connectivity index (χ3n) is 2.92. The molecule has 5 N–H and O–H groups in total. The zero-order valence-corrected chi connectivity index (χ0v) is 20.4. The molecular weight excluding hydrogens is 760 g/mol. The number of phenols is 1. The second kappa shape index (κ2) is 12.1. The molecule has 0 unspecified atom stereocenters. The minimum atomic E-state index is -0.472. The van der Waals surface area contributed by atoms with E-state index in [-0.39, 0.29) is 11.8 Å². The van der Waals surface area contributed by atoms with Crippen molar-refractivity contribution in [1.29, 1.82) is 0 Å². The van der Waals surface area contributed by atoms with Gasteiger partial charge in [-0.1, -0.05) is 0 Å². The van der Waals surface area contributed by atoms with Gasteiger partial charge in [-0.3, -0.25) is 0 Å². The third kappa shape index (κ3) is 7.93. The summed E-state index contributed by atoms with van der Waals surface area (Å²) in [5, 5.41) is 9.30. The summed E-state index contributed by atoms with van der Waals surface area (Å²) in [6.45, 7) is 0.471. The number of hydrogen-bond acceptors (Lipinski definition) is 4. The van der Waals surface area contributed by atoms with Gasteiger partial charge in [-0.2, -0.15) is 0 Å². The average molecular weight is 776 g/mol. The molecule has 2 rings (SSSR count). The molecule has 0 spiro atoms. The minimum absolute atomic E-state index is 0.0273. The number of halogens is 4. The van der Waals surface area contributed by atoms with Crippen LogP contribution in [0, 0.1) is 7.14 Å². The number of ether oxygens (including phenoxy) is 1. The fraction of sp³-hybridized carbons (Fsp3) is 0.200. The second-order valence-corrected chi connectivity index (χ2v) is 10.3. The Morgan fingerprint density at radius 1 is 1.12 bits per heavy atom. The molecule has 0 heterocycles. The number of aromatic hydroxyl groups is 1. The van der Waals surface area contributed by atoms with Gasteiger partial charge in [0.05, 0.1) is 7.14 Å². The average Bonchev–Trinajstić information content (AvgIpc) is 2.53. The van der Waals surface area contributed by atoms with Crippen LogP contribution in [0.5, 0.6) is 17.2 Å². The molecule has 2 aromatic rings. The van der Waals surface area contributed by atoms with Crippen LogP contribution >= 0.6 is 64.0 Å². The normalized spacial score (nSPS) is 11.6. The van der Waals surface area contributed by atoms with Gasteiger partial charge in [0.2, 0.25) is 0 Å². The van der Waals surface area contributed by atoms with E-state index in [9.17, 15) is 5.11 Å². The summed E-state index contributed by atoms with van der Waals surface area (Å²) >= 11 is 4.03. The van der Waals surface area contributed by atoms with Crippen molar-refractivity contribution in [1.82, 2.24) is 0 Å². The van der Waals surface area contributed by atoms with Gasteiger partial charge in [-0.25, -0.2) is 0 Å². The van der Waals surface area contributed by atoms with E-state index < -0.39 is 16.5 Å². The Morgan fingerprint density at radius 2 is 1.62 bits per heavy atom. The van der Waals surface area contributed by atoms with E-state index in [4.69, 9.17) is 35.0 Å². The monoisotopic (exact) mass is 775 g/mol. The molecule has 0 bridgehead atoms. The molecule has 0 aromatic heterocycles. The molecule has 0 aliphatic carbocycles. The zero-order chi connectivity index (χ0) is 18.1. The summed E-state index contributed by atoms with van der Waals surface area (Å²) in [7, 11) is 9.75. The van der Waals surface area contributed by atoms with E-state index in [1.165, 1.54) is 0 Å². The van der Waals surface area contributed by atoms with Crippen molar-refractivity contribution in [3.63, 3.8) is 0 Å². The van der Waals surface area contributed by atoms with Crippen LogP contribution in [0.4, 0.5) is 0 Å². The van der Waals surface area contributed by atoms with Gasteiger partial charge in [0, 0.05) is 12.6 Å². The van der Waals surface area contributed by atoms with Crippen molar-refractivity contribution < 1.29 is 26.3 Å². The first-order chi connectivity index (χ1) is 11.4. The van der Waals surface area contributed by atoms with E-state index in [2.05, 4.69) is 57.3 Å². The van der Waals surface area contributed by atoms with Crippen LogP contribution in [0.2, 0.25) is 0 Å². The zero-order valence-electron chi connectivity index (χ0n) is 12.3. The standard InChI is InChI=1S/C15H16I2N2O2.2ClH.Pt/c16-13-6-9(5-10(19)8-18)7-14(17)15(13)21-12-3-1-11(20)2-4-12;;;/h1-4,6-7,10,20H,5,8,18-19H2;2*1H;/q;;;+2/p-2/t10-;;;/m0.../s1. The molecule has 1 atom stereocenters. The van der Waals surface area contributed by atoms with E-state index in [1.54, 1.807) is 24.3 Å². The second-order valence-electron chi connectivity index (χ2n) is 4.73. The number of hydrogen-bond donors (Lipinski definition) is 3. The summed E-state index contributed by atoms with van der Waals surface area (Å²) in [6.07, 6.45) is 0.752. The molecule has 0 fully saturated rings. The first-order valence-electron chi connectivity index (χ1n) is 6.64. The molecule has 0 aliphatic heterocycles. The molecule has 9 heteroatoms. The van der Waals surface area contributed by atoms with Gasteiger partial charge in [0.15, 0.2) is 5.75 Å². The van der Waals surface area contributed by atoms with Crippen molar-refractivity contribution in [3.8, 4) is 17.2 Å². The Morgan fingerprint density at radius 3 is 2.08 bits per heavy atom.